The smallest absolute Gasteiger partial charge is 0.146 e. The Labute approximate surface area is 73.0 Å². The fourth-order valence-corrected chi connectivity index (χ4v) is 1.31. The summed E-state index contributed by atoms with van der Waals surface area (Å²) in [6.07, 6.45) is 1.76. The molecule has 3 heteroatoms. The van der Waals surface area contributed by atoms with E-state index in [1.165, 1.54) is 0 Å². The maximum absolute atomic E-state index is 5.32. The Bertz CT molecular complexity index is 309. The van der Waals surface area contributed by atoms with Crippen molar-refractivity contribution in [2.24, 2.45) is 4.99 Å². The van der Waals surface area contributed by atoms with Gasteiger partial charge in [-0.2, -0.15) is 0 Å². The van der Waals surface area contributed by atoms with Crippen LogP contribution in [0.25, 0.3) is 0 Å². The number of nitrogens with zero attached hydrogens (tertiary/aromatic N) is 1. The summed E-state index contributed by atoms with van der Waals surface area (Å²) in [7, 11) is 0. The van der Waals surface area contributed by atoms with Crippen molar-refractivity contribution in [3.05, 3.63) is 22.7 Å². The maximum Gasteiger partial charge on any atom is 0.146 e. The van der Waals surface area contributed by atoms with Crippen LogP contribution < -0.4 is 4.74 Å². The third kappa shape index (κ3) is 1.28. The van der Waals surface area contributed by atoms with Crippen LogP contribution in [0, 0.1) is 0 Å². The number of hydrogen-bond donors (Lipinski definition) is 0. The van der Waals surface area contributed by atoms with E-state index in [0.29, 0.717) is 6.61 Å². The van der Waals surface area contributed by atoms with Crippen LogP contribution in [0.1, 0.15) is 0 Å². The molecule has 1 aliphatic rings. The predicted octanol–water partition coefficient (Wildman–Crippen LogP) is 2.54. The van der Waals surface area contributed by atoms with Crippen molar-refractivity contribution in [3.8, 4) is 5.75 Å². The number of aliphatic imine (C=N–C) groups is 1. The minimum absolute atomic E-state index is 0.573. The first-order valence-electron chi connectivity index (χ1n) is 3.31. The molecule has 0 unspecified atom stereocenters. The topological polar surface area (TPSA) is 21.6 Å². The quantitative estimate of drug-likeness (QED) is 0.647. The monoisotopic (exact) mass is 211 g/mol. The van der Waals surface area contributed by atoms with Crippen molar-refractivity contribution >= 4 is 27.8 Å². The first-order chi connectivity index (χ1) is 5.36. The van der Waals surface area contributed by atoms with E-state index in [0.717, 1.165) is 15.9 Å². The number of fused-ring (bicyclic) bond motifs is 1. The van der Waals surface area contributed by atoms with E-state index in [9.17, 15) is 0 Å². The summed E-state index contributed by atoms with van der Waals surface area (Å²) in [5.74, 6) is 0.849. The van der Waals surface area contributed by atoms with Gasteiger partial charge in [0.15, 0.2) is 0 Å². The van der Waals surface area contributed by atoms with Gasteiger partial charge in [-0.15, -0.1) is 0 Å². The van der Waals surface area contributed by atoms with Crippen LogP contribution in [0.2, 0.25) is 0 Å². The van der Waals surface area contributed by atoms with Crippen LogP contribution in [0.4, 0.5) is 5.69 Å². The molecule has 0 saturated heterocycles. The summed E-state index contributed by atoms with van der Waals surface area (Å²) in [6, 6.07) is 5.80. The van der Waals surface area contributed by atoms with Gasteiger partial charge < -0.3 is 4.74 Å². The standard InChI is InChI=1S/C8H6BrNO/c9-6-1-2-7-8(5-6)11-4-3-10-7/h1-3,5H,4H2. The number of hydrogen-bond acceptors (Lipinski definition) is 2. The van der Waals surface area contributed by atoms with Crippen LogP contribution in [0.3, 0.4) is 0 Å². The highest BCUT2D eigenvalue weighted by atomic mass is 79.9. The van der Waals surface area contributed by atoms with E-state index in [2.05, 4.69) is 20.9 Å². The van der Waals surface area contributed by atoms with Gasteiger partial charge in [-0.05, 0) is 18.2 Å². The Balaban J connectivity index is 2.53. The molecule has 11 heavy (non-hydrogen) atoms. The van der Waals surface area contributed by atoms with Gasteiger partial charge in [0.25, 0.3) is 0 Å². The summed E-state index contributed by atoms with van der Waals surface area (Å²) < 4.78 is 6.35. The molecule has 0 aliphatic carbocycles. The highest BCUT2D eigenvalue weighted by molar-refractivity contribution is 9.10. The number of halogens is 1. The zero-order valence-corrected chi connectivity index (χ0v) is 7.34. The van der Waals surface area contributed by atoms with Crippen molar-refractivity contribution in [2.45, 2.75) is 0 Å². The second-order valence-electron chi connectivity index (χ2n) is 2.23. The van der Waals surface area contributed by atoms with Crippen LogP contribution in [-0.4, -0.2) is 12.8 Å². The Hall–Kier alpha value is -0.830. The average molecular weight is 212 g/mol. The first kappa shape index (κ1) is 6.85. The van der Waals surface area contributed by atoms with Crippen molar-refractivity contribution in [1.29, 1.82) is 0 Å². The SMILES string of the molecule is Brc1ccc2c(c1)OCC=N2. The molecule has 0 aromatic heterocycles. The van der Waals surface area contributed by atoms with Gasteiger partial charge in [0.1, 0.15) is 18.0 Å². The lowest BCUT2D eigenvalue weighted by atomic mass is 10.3. The lowest BCUT2D eigenvalue weighted by molar-refractivity contribution is 0.376. The minimum atomic E-state index is 0.573. The van der Waals surface area contributed by atoms with Gasteiger partial charge in [0.2, 0.25) is 0 Å². The van der Waals surface area contributed by atoms with Gasteiger partial charge >= 0.3 is 0 Å². The van der Waals surface area contributed by atoms with Crippen LogP contribution in [0.5, 0.6) is 5.75 Å². The molecule has 56 valence electrons. The van der Waals surface area contributed by atoms with E-state index in [4.69, 9.17) is 4.74 Å². The van der Waals surface area contributed by atoms with Crippen LogP contribution >= 0.6 is 15.9 Å². The van der Waals surface area contributed by atoms with Gasteiger partial charge in [-0.3, -0.25) is 4.99 Å². The van der Waals surface area contributed by atoms with Crippen molar-refractivity contribution in [2.75, 3.05) is 6.61 Å². The molecule has 0 spiro atoms. The molecule has 2 nitrogen and oxygen atoms in total. The lowest BCUT2D eigenvalue weighted by Crippen LogP contribution is -2.02. The number of rotatable bonds is 0. The molecule has 0 fully saturated rings. The molecule has 0 bridgehead atoms. The summed E-state index contributed by atoms with van der Waals surface area (Å²) in [5, 5.41) is 0. The summed E-state index contributed by atoms with van der Waals surface area (Å²) in [6.45, 7) is 0.573. The molecule has 0 N–H and O–H groups in total. The van der Waals surface area contributed by atoms with Crippen molar-refractivity contribution in [1.82, 2.24) is 0 Å². The molecule has 0 saturated carbocycles. The Kier molecular flexibility index (Phi) is 1.66. The minimum Gasteiger partial charge on any atom is -0.486 e. The summed E-state index contributed by atoms with van der Waals surface area (Å²) >= 11 is 3.36. The van der Waals surface area contributed by atoms with Gasteiger partial charge in [-0.1, -0.05) is 15.9 Å². The third-order valence-electron chi connectivity index (χ3n) is 1.47. The molecule has 1 aromatic rings. The van der Waals surface area contributed by atoms with Crippen molar-refractivity contribution < 1.29 is 4.74 Å². The van der Waals surface area contributed by atoms with Crippen molar-refractivity contribution in [3.63, 3.8) is 0 Å². The Morgan fingerprint density at radius 2 is 2.36 bits per heavy atom. The highest BCUT2D eigenvalue weighted by Gasteiger charge is 2.05. The Morgan fingerprint density at radius 3 is 3.27 bits per heavy atom. The van der Waals surface area contributed by atoms with Gasteiger partial charge in [0.05, 0.1) is 0 Å². The molecule has 1 aromatic carbocycles. The zero-order chi connectivity index (χ0) is 7.68. The molecule has 2 rings (SSSR count). The molecule has 1 aliphatic heterocycles. The second-order valence-corrected chi connectivity index (χ2v) is 3.15. The molecule has 0 radical (unpaired) electrons. The molecule has 0 atom stereocenters. The van der Waals surface area contributed by atoms with Gasteiger partial charge in [-0.25, -0.2) is 0 Å². The second kappa shape index (κ2) is 2.66. The van der Waals surface area contributed by atoms with E-state index >= 15 is 0 Å². The average Bonchev–Trinajstić information content (AvgIpc) is 2.04. The molecular weight excluding hydrogens is 206 g/mol. The lowest BCUT2D eigenvalue weighted by Gasteiger charge is -2.10. The fraction of sp³-hybridized carbons (Fsp3) is 0.125. The summed E-state index contributed by atoms with van der Waals surface area (Å²) in [4.78, 5) is 4.16. The molecule has 1 heterocycles. The Morgan fingerprint density at radius 1 is 1.45 bits per heavy atom. The highest BCUT2D eigenvalue weighted by Crippen LogP contribution is 2.31. The maximum atomic E-state index is 5.32. The molecular formula is C8H6BrNO. The van der Waals surface area contributed by atoms with E-state index in [-0.39, 0.29) is 0 Å². The van der Waals surface area contributed by atoms with E-state index < -0.39 is 0 Å². The first-order valence-corrected chi connectivity index (χ1v) is 4.10. The number of benzene rings is 1. The van der Waals surface area contributed by atoms with E-state index in [1.54, 1.807) is 6.21 Å². The zero-order valence-electron chi connectivity index (χ0n) is 5.75. The third-order valence-corrected chi connectivity index (χ3v) is 1.96. The van der Waals surface area contributed by atoms with Crippen LogP contribution in [0.15, 0.2) is 27.7 Å². The van der Waals surface area contributed by atoms with E-state index in [1.807, 2.05) is 18.2 Å². The normalized spacial score (nSPS) is 13.9. The number of ether oxygens (including phenoxy) is 1. The largest absolute Gasteiger partial charge is 0.486 e. The molecule has 0 amide bonds. The predicted molar refractivity (Wildman–Crippen MR) is 47.8 cm³/mol. The van der Waals surface area contributed by atoms with Gasteiger partial charge in [0, 0.05) is 10.7 Å². The fourth-order valence-electron chi connectivity index (χ4n) is 0.973. The summed E-state index contributed by atoms with van der Waals surface area (Å²) in [5.41, 5.74) is 0.902. The van der Waals surface area contributed by atoms with Crippen LogP contribution in [-0.2, 0) is 0 Å².